The minimum absolute atomic E-state index is 0.0340. The maximum Gasteiger partial charge on any atom is 0.309 e. The van der Waals surface area contributed by atoms with E-state index >= 15 is 0 Å². The number of aliphatic hydroxyl groups excluding tert-OH is 2. The summed E-state index contributed by atoms with van der Waals surface area (Å²) in [4.78, 5) is 13.0. The number of hydrogen-bond donors (Lipinski definition) is 2. The molecule has 1 heterocycles. The van der Waals surface area contributed by atoms with Crippen LogP contribution < -0.4 is 0 Å². The summed E-state index contributed by atoms with van der Waals surface area (Å²) in [5, 5.41) is 22.7. The van der Waals surface area contributed by atoms with E-state index in [2.05, 4.69) is 48.5 Å². The van der Waals surface area contributed by atoms with Crippen molar-refractivity contribution in [2.75, 3.05) is 0 Å². The van der Waals surface area contributed by atoms with Gasteiger partial charge in [-0.3, -0.25) is 4.79 Å². The lowest BCUT2D eigenvalue weighted by molar-refractivity contribution is -0.250. The van der Waals surface area contributed by atoms with Crippen molar-refractivity contribution in [2.24, 2.45) is 57.2 Å². The van der Waals surface area contributed by atoms with E-state index in [4.69, 9.17) is 4.74 Å². The number of hydrogen-bond acceptors (Lipinski definition) is 4. The number of ether oxygens (including phenoxy) is 1. The first-order valence-corrected chi connectivity index (χ1v) is 14.3. The van der Waals surface area contributed by atoms with E-state index in [-0.39, 0.29) is 51.9 Å². The molecule has 0 unspecified atom stereocenters. The van der Waals surface area contributed by atoms with E-state index in [1.54, 1.807) is 0 Å². The fourth-order valence-electron chi connectivity index (χ4n) is 11.0. The molecule has 1 aliphatic heterocycles. The van der Waals surface area contributed by atoms with Crippen molar-refractivity contribution in [2.45, 2.75) is 125 Å². The molecule has 5 rings (SSSR count). The Hall–Kier alpha value is -0.610. The van der Waals surface area contributed by atoms with Gasteiger partial charge in [-0.1, -0.05) is 48.5 Å². The van der Waals surface area contributed by atoms with Gasteiger partial charge in [0.15, 0.2) is 0 Å². The van der Waals surface area contributed by atoms with E-state index in [0.717, 1.165) is 57.8 Å². The number of aliphatic hydroxyl groups is 2. The third kappa shape index (κ3) is 3.25. The lowest BCUT2D eigenvalue weighted by Crippen LogP contribution is -2.67. The first kappa shape index (κ1) is 25.1. The van der Waals surface area contributed by atoms with Crippen LogP contribution in [0.25, 0.3) is 0 Å². The minimum Gasteiger partial charge on any atom is -0.462 e. The largest absolute Gasteiger partial charge is 0.462 e. The molecule has 1 saturated heterocycles. The topological polar surface area (TPSA) is 66.8 Å². The second kappa shape index (κ2) is 7.94. The summed E-state index contributed by atoms with van der Waals surface area (Å²) in [6.45, 7) is 16.2. The normalized spacial score (nSPS) is 54.4. The van der Waals surface area contributed by atoms with Crippen molar-refractivity contribution >= 4 is 5.97 Å². The van der Waals surface area contributed by atoms with Crippen LogP contribution in [0.4, 0.5) is 0 Å². The molecule has 4 heteroatoms. The smallest absolute Gasteiger partial charge is 0.309 e. The summed E-state index contributed by atoms with van der Waals surface area (Å²) in [5.41, 5.74) is -0.0289. The SMILES string of the molecule is CC(C)C[C@H]1C[C@H]([C@@H]2CC[C@H]3[C@@]2(C)CC[C@@H]2[C@@]4(C)CC[C@H](O)C(C)(C)[C@H]4C[C@@H](O)[C@]23C)C(=O)O1. The van der Waals surface area contributed by atoms with Gasteiger partial charge in [-0.15, -0.1) is 0 Å². The molecule has 4 nitrogen and oxygen atoms in total. The monoisotopic (exact) mass is 474 g/mol. The molecule has 4 aliphatic carbocycles. The fraction of sp³-hybridized carbons (Fsp3) is 0.967. The second-order valence-corrected chi connectivity index (χ2v) is 14.9. The molecule has 5 fully saturated rings. The highest BCUT2D eigenvalue weighted by molar-refractivity contribution is 5.75. The van der Waals surface area contributed by atoms with Crippen LogP contribution >= 0.6 is 0 Å². The summed E-state index contributed by atoms with van der Waals surface area (Å²) >= 11 is 0. The van der Waals surface area contributed by atoms with E-state index in [9.17, 15) is 15.0 Å². The third-order valence-electron chi connectivity index (χ3n) is 12.7. The van der Waals surface area contributed by atoms with Gasteiger partial charge in [0.05, 0.1) is 18.1 Å². The van der Waals surface area contributed by atoms with Gasteiger partial charge in [0, 0.05) is 5.41 Å². The lowest BCUT2D eigenvalue weighted by Gasteiger charge is -2.69. The minimum atomic E-state index is -0.340. The Balaban J connectivity index is 1.44. The summed E-state index contributed by atoms with van der Waals surface area (Å²) in [6, 6.07) is 0. The number of carbonyl (C=O) groups excluding carboxylic acids is 1. The fourth-order valence-corrected chi connectivity index (χ4v) is 11.0. The summed E-state index contributed by atoms with van der Waals surface area (Å²) in [6.07, 6.45) is 8.56. The van der Waals surface area contributed by atoms with E-state index in [1.165, 1.54) is 0 Å². The molecule has 5 aliphatic rings. The molecule has 11 atom stereocenters. The Bertz CT molecular complexity index is 821. The van der Waals surface area contributed by atoms with Gasteiger partial charge in [-0.25, -0.2) is 0 Å². The molecule has 0 spiro atoms. The Morgan fingerprint density at radius 2 is 1.50 bits per heavy atom. The maximum absolute atomic E-state index is 13.0. The van der Waals surface area contributed by atoms with E-state index in [1.807, 2.05) is 0 Å². The van der Waals surface area contributed by atoms with Crippen LogP contribution in [0.3, 0.4) is 0 Å². The van der Waals surface area contributed by atoms with Gasteiger partial charge in [0.1, 0.15) is 6.10 Å². The van der Waals surface area contributed by atoms with Crippen molar-refractivity contribution < 1.29 is 19.7 Å². The predicted octanol–water partition coefficient (Wildman–Crippen LogP) is 5.98. The van der Waals surface area contributed by atoms with Gasteiger partial charge in [0.25, 0.3) is 0 Å². The van der Waals surface area contributed by atoms with Crippen molar-refractivity contribution in [1.82, 2.24) is 0 Å². The van der Waals surface area contributed by atoms with Crippen LogP contribution in [0, 0.1) is 57.2 Å². The number of esters is 1. The lowest BCUT2D eigenvalue weighted by atomic mass is 9.36. The zero-order valence-electron chi connectivity index (χ0n) is 22.8. The van der Waals surface area contributed by atoms with Crippen LogP contribution in [0.1, 0.15) is 106 Å². The highest BCUT2D eigenvalue weighted by atomic mass is 16.6. The van der Waals surface area contributed by atoms with Crippen LogP contribution in [0.5, 0.6) is 0 Å². The van der Waals surface area contributed by atoms with E-state index in [0.29, 0.717) is 29.6 Å². The highest BCUT2D eigenvalue weighted by Crippen LogP contribution is 2.74. The summed E-state index contributed by atoms with van der Waals surface area (Å²) in [7, 11) is 0. The Morgan fingerprint density at radius 1 is 0.853 bits per heavy atom. The zero-order chi connectivity index (χ0) is 24.8. The average Bonchev–Trinajstić information content (AvgIpc) is 3.26. The Morgan fingerprint density at radius 3 is 2.18 bits per heavy atom. The molecular weight excluding hydrogens is 424 g/mol. The second-order valence-electron chi connectivity index (χ2n) is 14.9. The molecule has 4 saturated carbocycles. The molecule has 0 aromatic carbocycles. The van der Waals surface area contributed by atoms with Crippen LogP contribution in [-0.4, -0.2) is 34.5 Å². The standard InChI is InChI=1S/C30H50O4/c1-17(2)14-18-15-19(26(33)34-18)20-8-9-21-28(20,5)12-10-22-29(6)13-11-24(31)27(3,4)23(29)16-25(32)30(21,22)7/h17-25,31-32H,8-16H2,1-7H3/t18-,19+,20-,21-,22+,23+,24-,25+,28-,29+,30-/m0/s1. The summed E-state index contributed by atoms with van der Waals surface area (Å²) < 4.78 is 5.88. The Kier molecular flexibility index (Phi) is 5.85. The zero-order valence-corrected chi connectivity index (χ0v) is 22.8. The summed E-state index contributed by atoms with van der Waals surface area (Å²) in [5.74, 6) is 2.27. The highest BCUT2D eigenvalue weighted by Gasteiger charge is 2.70. The van der Waals surface area contributed by atoms with Crippen LogP contribution in [0.15, 0.2) is 0 Å². The molecule has 0 radical (unpaired) electrons. The molecule has 194 valence electrons. The first-order valence-electron chi connectivity index (χ1n) is 14.3. The molecule has 2 N–H and O–H groups in total. The van der Waals surface area contributed by atoms with Crippen molar-refractivity contribution in [3.8, 4) is 0 Å². The van der Waals surface area contributed by atoms with Crippen LogP contribution in [0.2, 0.25) is 0 Å². The van der Waals surface area contributed by atoms with Gasteiger partial charge in [0.2, 0.25) is 0 Å². The van der Waals surface area contributed by atoms with E-state index < -0.39 is 0 Å². The molecule has 34 heavy (non-hydrogen) atoms. The number of cyclic esters (lactones) is 1. The quantitative estimate of drug-likeness (QED) is 0.494. The Labute approximate surface area is 207 Å². The predicted molar refractivity (Wildman–Crippen MR) is 134 cm³/mol. The van der Waals surface area contributed by atoms with Crippen LogP contribution in [-0.2, 0) is 9.53 Å². The van der Waals surface area contributed by atoms with Gasteiger partial charge < -0.3 is 14.9 Å². The van der Waals surface area contributed by atoms with Gasteiger partial charge in [-0.05, 0) is 104 Å². The number of fused-ring (bicyclic) bond motifs is 5. The molecule has 0 bridgehead atoms. The third-order valence-corrected chi connectivity index (χ3v) is 12.7. The van der Waals surface area contributed by atoms with Crippen molar-refractivity contribution in [3.05, 3.63) is 0 Å². The van der Waals surface area contributed by atoms with Gasteiger partial charge >= 0.3 is 5.97 Å². The van der Waals surface area contributed by atoms with Crippen molar-refractivity contribution in [1.29, 1.82) is 0 Å². The van der Waals surface area contributed by atoms with Gasteiger partial charge in [-0.2, -0.15) is 0 Å². The number of carbonyl (C=O) groups is 1. The maximum atomic E-state index is 13.0. The number of rotatable bonds is 3. The molecule has 0 aromatic heterocycles. The molecule has 0 amide bonds. The molecule has 0 aromatic rings. The first-order chi connectivity index (χ1) is 15.8. The molecular formula is C30H50O4. The average molecular weight is 475 g/mol. The van der Waals surface area contributed by atoms with Crippen molar-refractivity contribution in [3.63, 3.8) is 0 Å².